The molecule has 0 aliphatic carbocycles. The largest absolute Gasteiger partial charge is 0.385 e. The van der Waals surface area contributed by atoms with Gasteiger partial charge in [-0.25, -0.2) is 0 Å². The lowest BCUT2D eigenvalue weighted by atomic mass is 10.3. The van der Waals surface area contributed by atoms with Crippen LogP contribution in [0.5, 0.6) is 0 Å². The van der Waals surface area contributed by atoms with Gasteiger partial charge in [-0.3, -0.25) is 4.79 Å². The van der Waals surface area contributed by atoms with Gasteiger partial charge < -0.3 is 16.0 Å². The normalized spacial score (nSPS) is 10.1. The first-order valence-corrected chi connectivity index (χ1v) is 6.53. The van der Waals surface area contributed by atoms with E-state index in [-0.39, 0.29) is 5.91 Å². The van der Waals surface area contributed by atoms with Crippen LogP contribution in [-0.4, -0.2) is 32.6 Å². The van der Waals surface area contributed by atoms with Crippen molar-refractivity contribution in [3.05, 3.63) is 30.3 Å². The van der Waals surface area contributed by atoms with Gasteiger partial charge in [0.05, 0.1) is 0 Å². The van der Waals surface area contributed by atoms with E-state index in [9.17, 15) is 4.79 Å². The van der Waals surface area contributed by atoms with Gasteiger partial charge in [-0.2, -0.15) is 0 Å². The van der Waals surface area contributed by atoms with Gasteiger partial charge in [-0.1, -0.05) is 18.2 Å². The number of carbonyl (C=O) groups is 1. The van der Waals surface area contributed by atoms with Crippen LogP contribution in [0.15, 0.2) is 30.3 Å². The first kappa shape index (κ1) is 14.5. The molecule has 4 heteroatoms. The van der Waals surface area contributed by atoms with Crippen LogP contribution < -0.4 is 16.0 Å². The predicted octanol–water partition coefficient (Wildman–Crippen LogP) is 1.60. The number of hydrogen-bond donors (Lipinski definition) is 3. The molecule has 4 nitrogen and oxygen atoms in total. The summed E-state index contributed by atoms with van der Waals surface area (Å²) in [6, 6.07) is 10.1. The molecular formula is C14H23N3O. The van der Waals surface area contributed by atoms with Gasteiger partial charge in [0.1, 0.15) is 0 Å². The van der Waals surface area contributed by atoms with E-state index in [1.54, 1.807) is 0 Å². The summed E-state index contributed by atoms with van der Waals surface area (Å²) in [5.74, 6) is 0.143. The zero-order valence-electron chi connectivity index (χ0n) is 11.0. The van der Waals surface area contributed by atoms with Crippen LogP contribution in [0.4, 0.5) is 5.69 Å². The number of rotatable bonds is 9. The highest BCUT2D eigenvalue weighted by atomic mass is 16.1. The molecule has 0 unspecified atom stereocenters. The topological polar surface area (TPSA) is 53.2 Å². The van der Waals surface area contributed by atoms with E-state index >= 15 is 0 Å². The first-order chi connectivity index (χ1) is 8.83. The third-order valence-corrected chi connectivity index (χ3v) is 2.61. The van der Waals surface area contributed by atoms with E-state index < -0.39 is 0 Å². The van der Waals surface area contributed by atoms with Gasteiger partial charge in [0.15, 0.2) is 0 Å². The number of amides is 1. The van der Waals surface area contributed by atoms with Crippen molar-refractivity contribution >= 4 is 11.6 Å². The maximum absolute atomic E-state index is 11.4. The molecule has 0 aromatic heterocycles. The summed E-state index contributed by atoms with van der Waals surface area (Å²) in [6.07, 6.45) is 2.43. The third kappa shape index (κ3) is 6.91. The van der Waals surface area contributed by atoms with Crippen molar-refractivity contribution in [2.45, 2.75) is 19.3 Å². The summed E-state index contributed by atoms with van der Waals surface area (Å²) in [5, 5.41) is 9.26. The molecule has 1 aromatic carbocycles. The highest BCUT2D eigenvalue weighted by molar-refractivity contribution is 5.75. The average Bonchev–Trinajstić information content (AvgIpc) is 2.40. The molecule has 1 aromatic rings. The number of para-hydroxylation sites is 1. The van der Waals surface area contributed by atoms with Crippen LogP contribution in [0.25, 0.3) is 0 Å². The van der Waals surface area contributed by atoms with Gasteiger partial charge in [-0.15, -0.1) is 0 Å². The van der Waals surface area contributed by atoms with Crippen molar-refractivity contribution in [2.24, 2.45) is 0 Å². The Balaban J connectivity index is 1.97. The second-order valence-electron chi connectivity index (χ2n) is 4.20. The van der Waals surface area contributed by atoms with Crippen LogP contribution in [0.3, 0.4) is 0 Å². The van der Waals surface area contributed by atoms with Crippen molar-refractivity contribution in [3.63, 3.8) is 0 Å². The van der Waals surface area contributed by atoms with Crippen molar-refractivity contribution in [1.29, 1.82) is 0 Å². The second-order valence-corrected chi connectivity index (χ2v) is 4.20. The molecule has 0 saturated carbocycles. The molecule has 0 atom stereocenters. The Bertz CT molecular complexity index is 327. The molecule has 0 aliphatic rings. The molecule has 0 fully saturated rings. The van der Waals surface area contributed by atoms with Crippen LogP contribution in [0, 0.1) is 0 Å². The third-order valence-electron chi connectivity index (χ3n) is 2.61. The Morgan fingerprint density at radius 1 is 1.06 bits per heavy atom. The molecule has 1 rings (SSSR count). The molecule has 0 saturated heterocycles. The van der Waals surface area contributed by atoms with E-state index in [0.717, 1.165) is 38.2 Å². The standard InChI is InChI=1S/C14H23N3O/c1-15-10-5-9-14(18)17-12-6-11-16-13-7-3-2-4-8-13/h2-4,7-8,15-16H,5-6,9-12H2,1H3,(H,17,18). The van der Waals surface area contributed by atoms with Crippen molar-refractivity contribution in [1.82, 2.24) is 10.6 Å². The highest BCUT2D eigenvalue weighted by Crippen LogP contribution is 2.04. The Hall–Kier alpha value is -1.55. The molecule has 0 bridgehead atoms. The molecule has 1 amide bonds. The fraction of sp³-hybridized carbons (Fsp3) is 0.500. The van der Waals surface area contributed by atoms with E-state index in [4.69, 9.17) is 0 Å². The number of anilines is 1. The molecular weight excluding hydrogens is 226 g/mol. The SMILES string of the molecule is CNCCCC(=O)NCCCNc1ccccc1. The fourth-order valence-electron chi connectivity index (χ4n) is 1.62. The first-order valence-electron chi connectivity index (χ1n) is 6.53. The minimum atomic E-state index is 0.143. The summed E-state index contributed by atoms with van der Waals surface area (Å²) in [7, 11) is 1.90. The molecule has 100 valence electrons. The lowest BCUT2D eigenvalue weighted by molar-refractivity contribution is -0.121. The van der Waals surface area contributed by atoms with E-state index in [0.29, 0.717) is 6.42 Å². The summed E-state index contributed by atoms with van der Waals surface area (Å²) < 4.78 is 0. The van der Waals surface area contributed by atoms with Crippen LogP contribution in [-0.2, 0) is 4.79 Å². The minimum absolute atomic E-state index is 0.143. The minimum Gasteiger partial charge on any atom is -0.385 e. The number of carbonyl (C=O) groups excluding carboxylic acids is 1. The molecule has 0 radical (unpaired) electrons. The van der Waals surface area contributed by atoms with Crippen LogP contribution in [0.2, 0.25) is 0 Å². The predicted molar refractivity (Wildman–Crippen MR) is 75.7 cm³/mol. The molecule has 3 N–H and O–H groups in total. The number of hydrogen-bond acceptors (Lipinski definition) is 3. The second kappa shape index (κ2) is 9.48. The van der Waals surface area contributed by atoms with Gasteiger partial charge in [0.2, 0.25) is 5.91 Å². The quantitative estimate of drug-likeness (QED) is 0.583. The Labute approximate surface area is 109 Å². The summed E-state index contributed by atoms with van der Waals surface area (Å²) in [6.45, 7) is 2.50. The maximum atomic E-state index is 11.4. The van der Waals surface area contributed by atoms with Crippen molar-refractivity contribution < 1.29 is 4.79 Å². The summed E-state index contributed by atoms with van der Waals surface area (Å²) >= 11 is 0. The Morgan fingerprint density at radius 3 is 2.56 bits per heavy atom. The maximum Gasteiger partial charge on any atom is 0.220 e. The van der Waals surface area contributed by atoms with Gasteiger partial charge >= 0.3 is 0 Å². The van der Waals surface area contributed by atoms with Gasteiger partial charge in [0.25, 0.3) is 0 Å². The number of nitrogens with one attached hydrogen (secondary N) is 3. The zero-order valence-corrected chi connectivity index (χ0v) is 11.0. The molecule has 0 aliphatic heterocycles. The smallest absolute Gasteiger partial charge is 0.220 e. The van der Waals surface area contributed by atoms with Crippen molar-refractivity contribution in [3.8, 4) is 0 Å². The van der Waals surface area contributed by atoms with E-state index in [1.807, 2.05) is 37.4 Å². The molecule has 0 heterocycles. The lowest BCUT2D eigenvalue weighted by Crippen LogP contribution is -2.26. The van der Waals surface area contributed by atoms with Crippen LogP contribution in [0.1, 0.15) is 19.3 Å². The molecule has 18 heavy (non-hydrogen) atoms. The van der Waals surface area contributed by atoms with Gasteiger partial charge in [0, 0.05) is 25.2 Å². The number of benzene rings is 1. The summed E-state index contributed by atoms with van der Waals surface area (Å²) in [5.41, 5.74) is 1.12. The fourth-order valence-corrected chi connectivity index (χ4v) is 1.62. The van der Waals surface area contributed by atoms with E-state index in [1.165, 1.54) is 0 Å². The zero-order chi connectivity index (χ0) is 13.1. The van der Waals surface area contributed by atoms with Crippen LogP contribution >= 0.6 is 0 Å². The van der Waals surface area contributed by atoms with Crippen molar-refractivity contribution in [2.75, 3.05) is 32.0 Å². The average molecular weight is 249 g/mol. The highest BCUT2D eigenvalue weighted by Gasteiger charge is 1.99. The Morgan fingerprint density at radius 2 is 1.83 bits per heavy atom. The monoisotopic (exact) mass is 249 g/mol. The molecule has 0 spiro atoms. The lowest BCUT2D eigenvalue weighted by Gasteiger charge is -2.07. The van der Waals surface area contributed by atoms with E-state index in [2.05, 4.69) is 16.0 Å². The van der Waals surface area contributed by atoms with Gasteiger partial charge in [-0.05, 0) is 38.6 Å². The Kier molecular flexibility index (Phi) is 7.64. The summed E-state index contributed by atoms with van der Waals surface area (Å²) in [4.78, 5) is 11.4.